The van der Waals surface area contributed by atoms with E-state index in [0.717, 1.165) is 11.3 Å². The highest BCUT2D eigenvalue weighted by Crippen LogP contribution is 2.21. The predicted molar refractivity (Wildman–Crippen MR) is 107 cm³/mol. The molecule has 0 atom stereocenters. The highest BCUT2D eigenvalue weighted by molar-refractivity contribution is 6.06. The van der Waals surface area contributed by atoms with Crippen molar-refractivity contribution in [2.45, 2.75) is 39.7 Å². The van der Waals surface area contributed by atoms with Gasteiger partial charge >= 0.3 is 5.97 Å². The number of aryl methyl sites for hydroxylation is 1. The van der Waals surface area contributed by atoms with E-state index in [-0.39, 0.29) is 12.2 Å². The van der Waals surface area contributed by atoms with Gasteiger partial charge in [-0.15, -0.1) is 0 Å². The molecule has 0 radical (unpaired) electrons. The van der Waals surface area contributed by atoms with Crippen molar-refractivity contribution in [3.05, 3.63) is 41.6 Å². The average Bonchev–Trinajstić information content (AvgIpc) is 2.60. The maximum Gasteiger partial charge on any atom is 0.314 e. The molecule has 0 bridgehead atoms. The standard InChI is InChI=1S/C21H27N3O4/c1-14-11-17(24-20(23-14)22-9-10-27-5)15-7-6-8-16(12-15)18(25)13-19(26)28-21(2,3)4/h6-8,11-12H,9-10,13H2,1-5H3,(H,22,23,24). The van der Waals surface area contributed by atoms with Crippen LogP contribution >= 0.6 is 0 Å². The molecule has 0 aliphatic carbocycles. The summed E-state index contributed by atoms with van der Waals surface area (Å²) in [5, 5.41) is 3.11. The summed E-state index contributed by atoms with van der Waals surface area (Å²) in [6.07, 6.45) is -0.298. The molecule has 7 heteroatoms. The highest BCUT2D eigenvalue weighted by atomic mass is 16.6. The first kappa shape index (κ1) is 21.5. The molecule has 2 rings (SSSR count). The summed E-state index contributed by atoms with van der Waals surface area (Å²) < 4.78 is 10.2. The van der Waals surface area contributed by atoms with E-state index in [1.807, 2.05) is 19.1 Å². The third-order valence-corrected chi connectivity index (χ3v) is 3.65. The summed E-state index contributed by atoms with van der Waals surface area (Å²) in [6, 6.07) is 8.90. The van der Waals surface area contributed by atoms with Crippen LogP contribution in [0.5, 0.6) is 0 Å². The van der Waals surface area contributed by atoms with Crippen LogP contribution in [-0.2, 0) is 14.3 Å². The number of aromatic nitrogens is 2. The molecule has 2 aromatic rings. The normalized spacial score (nSPS) is 11.2. The number of Topliss-reactive ketones (excluding diaryl/α,β-unsaturated/α-hetero) is 1. The maximum absolute atomic E-state index is 12.5. The second-order valence-corrected chi connectivity index (χ2v) is 7.40. The highest BCUT2D eigenvalue weighted by Gasteiger charge is 2.20. The van der Waals surface area contributed by atoms with E-state index in [2.05, 4.69) is 15.3 Å². The molecular formula is C21H27N3O4. The Hall–Kier alpha value is -2.80. The molecule has 1 aromatic carbocycles. The average molecular weight is 385 g/mol. The van der Waals surface area contributed by atoms with E-state index in [1.165, 1.54) is 0 Å². The zero-order valence-electron chi connectivity index (χ0n) is 17.0. The van der Waals surface area contributed by atoms with Gasteiger partial charge in [-0.25, -0.2) is 9.97 Å². The number of hydrogen-bond acceptors (Lipinski definition) is 7. The number of methoxy groups -OCH3 is 1. The van der Waals surface area contributed by atoms with Crippen LogP contribution in [0.2, 0.25) is 0 Å². The molecule has 7 nitrogen and oxygen atoms in total. The lowest BCUT2D eigenvalue weighted by Crippen LogP contribution is -2.25. The van der Waals surface area contributed by atoms with Crippen molar-refractivity contribution in [1.29, 1.82) is 0 Å². The van der Waals surface area contributed by atoms with Crippen LogP contribution in [0.3, 0.4) is 0 Å². The monoisotopic (exact) mass is 385 g/mol. The van der Waals surface area contributed by atoms with E-state index in [4.69, 9.17) is 9.47 Å². The van der Waals surface area contributed by atoms with Gasteiger partial charge in [0.1, 0.15) is 12.0 Å². The van der Waals surface area contributed by atoms with E-state index in [9.17, 15) is 9.59 Å². The van der Waals surface area contributed by atoms with Gasteiger partial charge < -0.3 is 14.8 Å². The SMILES string of the molecule is COCCNc1nc(C)cc(-c2cccc(C(=O)CC(=O)OC(C)(C)C)c2)n1. The number of hydrogen-bond donors (Lipinski definition) is 1. The van der Waals surface area contributed by atoms with Gasteiger partial charge in [0.15, 0.2) is 5.78 Å². The summed E-state index contributed by atoms with van der Waals surface area (Å²) in [7, 11) is 1.63. The first-order chi connectivity index (χ1) is 13.2. The second-order valence-electron chi connectivity index (χ2n) is 7.40. The number of nitrogens with one attached hydrogen (secondary N) is 1. The van der Waals surface area contributed by atoms with Gasteiger partial charge in [-0.05, 0) is 39.8 Å². The van der Waals surface area contributed by atoms with E-state index in [0.29, 0.717) is 30.4 Å². The molecule has 0 fully saturated rings. The van der Waals surface area contributed by atoms with Crippen LogP contribution < -0.4 is 5.32 Å². The Morgan fingerprint density at radius 2 is 1.89 bits per heavy atom. The van der Waals surface area contributed by atoms with Crippen molar-refractivity contribution >= 4 is 17.7 Å². The molecule has 0 amide bonds. The van der Waals surface area contributed by atoms with Crippen molar-refractivity contribution in [3.63, 3.8) is 0 Å². The van der Waals surface area contributed by atoms with Gasteiger partial charge in [0, 0.05) is 30.5 Å². The summed E-state index contributed by atoms with van der Waals surface area (Å²) >= 11 is 0. The number of ketones is 1. The van der Waals surface area contributed by atoms with E-state index in [1.54, 1.807) is 46.1 Å². The maximum atomic E-state index is 12.5. The van der Waals surface area contributed by atoms with Crippen molar-refractivity contribution < 1.29 is 19.1 Å². The van der Waals surface area contributed by atoms with Gasteiger partial charge in [0.2, 0.25) is 5.95 Å². The van der Waals surface area contributed by atoms with Crippen LogP contribution in [0.15, 0.2) is 30.3 Å². The number of carbonyl (C=O) groups is 2. The fourth-order valence-electron chi connectivity index (χ4n) is 2.52. The molecule has 0 saturated heterocycles. The number of rotatable bonds is 8. The molecule has 0 unspecified atom stereocenters. The molecule has 1 N–H and O–H groups in total. The van der Waals surface area contributed by atoms with Crippen LogP contribution in [0, 0.1) is 6.92 Å². The Bertz CT molecular complexity index is 844. The molecule has 0 saturated carbocycles. The summed E-state index contributed by atoms with van der Waals surface area (Å²) in [4.78, 5) is 33.3. The topological polar surface area (TPSA) is 90.4 Å². The Labute approximate surface area is 165 Å². The number of ether oxygens (including phenoxy) is 2. The van der Waals surface area contributed by atoms with Gasteiger partial charge in [-0.3, -0.25) is 9.59 Å². The minimum absolute atomic E-state index is 0.291. The fraction of sp³-hybridized carbons (Fsp3) is 0.429. The Kier molecular flexibility index (Phi) is 7.23. The number of esters is 1. The van der Waals surface area contributed by atoms with Crippen LogP contribution in [-0.4, -0.2) is 47.6 Å². The van der Waals surface area contributed by atoms with Crippen LogP contribution in [0.25, 0.3) is 11.3 Å². The number of nitrogens with zero attached hydrogens (tertiary/aromatic N) is 2. The molecule has 150 valence electrons. The Morgan fingerprint density at radius 3 is 2.57 bits per heavy atom. The lowest BCUT2D eigenvalue weighted by atomic mass is 10.0. The molecule has 28 heavy (non-hydrogen) atoms. The fourth-order valence-corrected chi connectivity index (χ4v) is 2.52. The minimum atomic E-state index is -0.621. The third-order valence-electron chi connectivity index (χ3n) is 3.65. The quantitative estimate of drug-likeness (QED) is 0.322. The third kappa shape index (κ3) is 6.74. The molecule has 0 aliphatic rings. The summed E-state index contributed by atoms with van der Waals surface area (Å²) in [6.45, 7) is 8.32. The largest absolute Gasteiger partial charge is 0.460 e. The minimum Gasteiger partial charge on any atom is -0.460 e. The van der Waals surface area contributed by atoms with Crippen molar-refractivity contribution in [3.8, 4) is 11.3 Å². The summed E-state index contributed by atoms with van der Waals surface area (Å²) in [5.74, 6) is -0.330. The lowest BCUT2D eigenvalue weighted by Gasteiger charge is -2.19. The van der Waals surface area contributed by atoms with E-state index < -0.39 is 11.6 Å². The van der Waals surface area contributed by atoms with Gasteiger partial charge in [-0.2, -0.15) is 0 Å². The van der Waals surface area contributed by atoms with Crippen molar-refractivity contribution in [1.82, 2.24) is 9.97 Å². The van der Waals surface area contributed by atoms with Crippen molar-refractivity contribution in [2.24, 2.45) is 0 Å². The molecule has 1 heterocycles. The first-order valence-corrected chi connectivity index (χ1v) is 9.12. The Morgan fingerprint density at radius 1 is 1.14 bits per heavy atom. The first-order valence-electron chi connectivity index (χ1n) is 9.12. The molecule has 0 spiro atoms. The number of benzene rings is 1. The molecule has 0 aliphatic heterocycles. The van der Waals surface area contributed by atoms with Gasteiger partial charge in [0.25, 0.3) is 0 Å². The van der Waals surface area contributed by atoms with Crippen molar-refractivity contribution in [2.75, 3.05) is 25.6 Å². The second kappa shape index (κ2) is 9.41. The zero-order chi connectivity index (χ0) is 20.7. The number of carbonyl (C=O) groups excluding carboxylic acids is 2. The Balaban J connectivity index is 2.18. The smallest absolute Gasteiger partial charge is 0.314 e. The van der Waals surface area contributed by atoms with Crippen LogP contribution in [0.1, 0.15) is 43.2 Å². The lowest BCUT2D eigenvalue weighted by molar-refractivity contribution is -0.153. The number of anilines is 1. The van der Waals surface area contributed by atoms with Crippen LogP contribution in [0.4, 0.5) is 5.95 Å². The van der Waals surface area contributed by atoms with Gasteiger partial charge in [0.05, 0.1) is 12.3 Å². The summed E-state index contributed by atoms with van der Waals surface area (Å²) in [5.41, 5.74) is 2.09. The predicted octanol–water partition coefficient (Wildman–Crippen LogP) is 3.42. The zero-order valence-corrected chi connectivity index (χ0v) is 17.0. The molecule has 1 aromatic heterocycles. The van der Waals surface area contributed by atoms with E-state index >= 15 is 0 Å². The van der Waals surface area contributed by atoms with Gasteiger partial charge in [-0.1, -0.05) is 18.2 Å². The molecular weight excluding hydrogens is 358 g/mol.